The molecule has 0 saturated carbocycles. The molecule has 1 atom stereocenters. The summed E-state index contributed by atoms with van der Waals surface area (Å²) in [7, 11) is 3.42. The molecule has 1 aromatic carbocycles. The molecule has 1 saturated heterocycles. The average molecular weight is 302 g/mol. The van der Waals surface area contributed by atoms with E-state index in [1.807, 2.05) is 24.3 Å². The van der Waals surface area contributed by atoms with Gasteiger partial charge in [-0.05, 0) is 43.7 Å². The van der Waals surface area contributed by atoms with Gasteiger partial charge in [0.1, 0.15) is 12.0 Å². The summed E-state index contributed by atoms with van der Waals surface area (Å²) in [6, 6.07) is 8.23. The van der Waals surface area contributed by atoms with Crippen molar-refractivity contribution >= 4 is 0 Å². The van der Waals surface area contributed by atoms with Crippen LogP contribution in [0.15, 0.2) is 34.9 Å². The van der Waals surface area contributed by atoms with E-state index in [-0.39, 0.29) is 0 Å². The van der Waals surface area contributed by atoms with Crippen molar-refractivity contribution in [2.75, 3.05) is 27.4 Å². The Balaban J connectivity index is 1.68. The van der Waals surface area contributed by atoms with Crippen molar-refractivity contribution in [3.63, 3.8) is 0 Å². The van der Waals surface area contributed by atoms with Crippen molar-refractivity contribution in [2.24, 2.45) is 0 Å². The monoisotopic (exact) mass is 302 g/mol. The predicted molar refractivity (Wildman–Crippen MR) is 83.8 cm³/mol. The SMILES string of the molecule is COC[C@H]1CCCN1Cc1coc(-c2ccc(OC)cc2)n1. The molecule has 118 valence electrons. The first kappa shape index (κ1) is 15.1. The lowest BCUT2D eigenvalue weighted by atomic mass is 10.2. The van der Waals surface area contributed by atoms with Crippen LogP contribution in [0.1, 0.15) is 18.5 Å². The molecule has 0 bridgehead atoms. The van der Waals surface area contributed by atoms with Crippen molar-refractivity contribution < 1.29 is 13.9 Å². The van der Waals surface area contributed by atoms with Gasteiger partial charge in [-0.1, -0.05) is 0 Å². The van der Waals surface area contributed by atoms with E-state index in [9.17, 15) is 0 Å². The maximum absolute atomic E-state index is 5.62. The van der Waals surface area contributed by atoms with Crippen LogP contribution in [0.2, 0.25) is 0 Å². The summed E-state index contributed by atoms with van der Waals surface area (Å²) in [6.07, 6.45) is 4.16. The fraction of sp³-hybridized carbons (Fsp3) is 0.471. The number of aromatic nitrogens is 1. The minimum absolute atomic E-state index is 0.492. The van der Waals surface area contributed by atoms with Gasteiger partial charge < -0.3 is 13.9 Å². The molecule has 2 aromatic rings. The summed E-state index contributed by atoms with van der Waals surface area (Å²) in [4.78, 5) is 7.02. The van der Waals surface area contributed by atoms with Gasteiger partial charge in [-0.2, -0.15) is 0 Å². The molecule has 5 nitrogen and oxygen atoms in total. The van der Waals surface area contributed by atoms with Crippen LogP contribution < -0.4 is 4.74 Å². The van der Waals surface area contributed by atoms with Crippen molar-refractivity contribution in [2.45, 2.75) is 25.4 Å². The molecular formula is C17H22N2O3. The molecule has 0 aliphatic carbocycles. The first-order valence-corrected chi connectivity index (χ1v) is 7.62. The van der Waals surface area contributed by atoms with Crippen LogP contribution in [0.4, 0.5) is 0 Å². The van der Waals surface area contributed by atoms with Gasteiger partial charge in [0.2, 0.25) is 5.89 Å². The second-order valence-corrected chi connectivity index (χ2v) is 5.59. The molecule has 0 spiro atoms. The van der Waals surface area contributed by atoms with Gasteiger partial charge in [0.05, 0.1) is 19.4 Å². The zero-order chi connectivity index (χ0) is 15.4. The minimum Gasteiger partial charge on any atom is -0.497 e. The van der Waals surface area contributed by atoms with E-state index in [0.717, 1.165) is 36.7 Å². The van der Waals surface area contributed by atoms with Crippen LogP contribution in [0.25, 0.3) is 11.5 Å². The van der Waals surface area contributed by atoms with Gasteiger partial charge in [0.15, 0.2) is 0 Å². The Morgan fingerprint density at radius 1 is 1.27 bits per heavy atom. The second-order valence-electron chi connectivity index (χ2n) is 5.59. The molecule has 22 heavy (non-hydrogen) atoms. The lowest BCUT2D eigenvalue weighted by Crippen LogP contribution is -2.32. The van der Waals surface area contributed by atoms with Crippen LogP contribution >= 0.6 is 0 Å². The van der Waals surface area contributed by atoms with E-state index in [1.54, 1.807) is 20.5 Å². The minimum atomic E-state index is 0.492. The Bertz CT molecular complexity index is 594. The number of nitrogens with zero attached hydrogens (tertiary/aromatic N) is 2. The van der Waals surface area contributed by atoms with Crippen LogP contribution in [-0.2, 0) is 11.3 Å². The Kier molecular flexibility index (Phi) is 4.75. The van der Waals surface area contributed by atoms with Gasteiger partial charge in [-0.15, -0.1) is 0 Å². The summed E-state index contributed by atoms with van der Waals surface area (Å²) < 4.78 is 16.1. The summed E-state index contributed by atoms with van der Waals surface area (Å²) in [6.45, 7) is 2.69. The highest BCUT2D eigenvalue weighted by Gasteiger charge is 2.25. The zero-order valence-electron chi connectivity index (χ0n) is 13.1. The topological polar surface area (TPSA) is 47.7 Å². The molecule has 0 unspecified atom stereocenters. The number of likely N-dealkylation sites (tertiary alicyclic amines) is 1. The maximum Gasteiger partial charge on any atom is 0.226 e. The van der Waals surface area contributed by atoms with Gasteiger partial charge in [-0.3, -0.25) is 4.90 Å². The van der Waals surface area contributed by atoms with Crippen molar-refractivity contribution in [3.05, 3.63) is 36.2 Å². The van der Waals surface area contributed by atoms with Gasteiger partial charge in [0, 0.05) is 25.3 Å². The second kappa shape index (κ2) is 6.94. The highest BCUT2D eigenvalue weighted by Crippen LogP contribution is 2.24. The van der Waals surface area contributed by atoms with Gasteiger partial charge in [0.25, 0.3) is 0 Å². The molecule has 0 radical (unpaired) electrons. The highest BCUT2D eigenvalue weighted by atomic mass is 16.5. The third-order valence-electron chi connectivity index (χ3n) is 4.11. The lowest BCUT2D eigenvalue weighted by molar-refractivity contribution is 0.111. The van der Waals surface area contributed by atoms with E-state index in [2.05, 4.69) is 9.88 Å². The quantitative estimate of drug-likeness (QED) is 0.821. The fourth-order valence-electron chi connectivity index (χ4n) is 2.94. The van der Waals surface area contributed by atoms with Gasteiger partial charge in [-0.25, -0.2) is 4.98 Å². The Morgan fingerprint density at radius 3 is 2.82 bits per heavy atom. The normalized spacial score (nSPS) is 18.7. The largest absolute Gasteiger partial charge is 0.497 e. The third kappa shape index (κ3) is 3.31. The standard InChI is InChI=1S/C17H22N2O3/c1-20-12-15-4-3-9-19(15)10-14-11-22-17(18-14)13-5-7-16(21-2)8-6-13/h5-8,11,15H,3-4,9-10,12H2,1-2H3/t15-/m1/s1. The fourth-order valence-corrected chi connectivity index (χ4v) is 2.94. The van der Waals surface area contributed by atoms with E-state index in [4.69, 9.17) is 13.9 Å². The van der Waals surface area contributed by atoms with Crippen molar-refractivity contribution in [3.8, 4) is 17.2 Å². The van der Waals surface area contributed by atoms with E-state index < -0.39 is 0 Å². The van der Waals surface area contributed by atoms with Crippen LogP contribution in [0.5, 0.6) is 5.75 Å². The molecule has 1 aromatic heterocycles. The summed E-state index contributed by atoms with van der Waals surface area (Å²) in [5.41, 5.74) is 1.93. The number of oxazole rings is 1. The zero-order valence-corrected chi connectivity index (χ0v) is 13.1. The number of hydrogen-bond donors (Lipinski definition) is 0. The first-order chi connectivity index (χ1) is 10.8. The molecule has 1 fully saturated rings. The number of rotatable bonds is 6. The molecule has 1 aliphatic heterocycles. The van der Waals surface area contributed by atoms with Crippen LogP contribution in [0.3, 0.4) is 0 Å². The number of benzene rings is 1. The maximum atomic E-state index is 5.62. The average Bonchev–Trinajstić information content (AvgIpc) is 3.18. The molecule has 0 amide bonds. The van der Waals surface area contributed by atoms with Crippen LogP contribution in [0, 0.1) is 0 Å². The number of ether oxygens (including phenoxy) is 2. The smallest absolute Gasteiger partial charge is 0.226 e. The van der Waals surface area contributed by atoms with Gasteiger partial charge >= 0.3 is 0 Å². The Morgan fingerprint density at radius 2 is 2.09 bits per heavy atom. The third-order valence-corrected chi connectivity index (χ3v) is 4.11. The molecule has 5 heteroatoms. The van der Waals surface area contributed by atoms with E-state index in [1.165, 1.54) is 12.8 Å². The number of hydrogen-bond acceptors (Lipinski definition) is 5. The summed E-state index contributed by atoms with van der Waals surface area (Å²) in [5, 5.41) is 0. The Hall–Kier alpha value is -1.85. The van der Waals surface area contributed by atoms with E-state index >= 15 is 0 Å². The van der Waals surface area contributed by atoms with Crippen molar-refractivity contribution in [1.82, 2.24) is 9.88 Å². The number of methoxy groups -OCH3 is 2. The molecule has 0 N–H and O–H groups in total. The Labute approximate surface area is 130 Å². The first-order valence-electron chi connectivity index (χ1n) is 7.62. The summed E-state index contributed by atoms with van der Waals surface area (Å²) >= 11 is 0. The molecule has 3 rings (SSSR count). The van der Waals surface area contributed by atoms with Crippen molar-refractivity contribution in [1.29, 1.82) is 0 Å². The van der Waals surface area contributed by atoms with E-state index in [0.29, 0.717) is 11.9 Å². The predicted octanol–water partition coefficient (Wildman–Crippen LogP) is 2.96. The molecule has 1 aliphatic rings. The summed E-state index contributed by atoms with van der Waals surface area (Å²) in [5.74, 6) is 1.48. The molecular weight excluding hydrogens is 280 g/mol. The van der Waals surface area contributed by atoms with Crippen LogP contribution in [-0.4, -0.2) is 43.3 Å². The molecule has 2 heterocycles. The highest BCUT2D eigenvalue weighted by molar-refractivity contribution is 5.54. The lowest BCUT2D eigenvalue weighted by Gasteiger charge is -2.22.